The van der Waals surface area contributed by atoms with Gasteiger partial charge < -0.3 is 45.0 Å². The van der Waals surface area contributed by atoms with Crippen molar-refractivity contribution in [3.8, 4) is 11.1 Å². The summed E-state index contributed by atoms with van der Waals surface area (Å²) in [5.74, 6) is -0.520. The minimum absolute atomic E-state index is 0.00751. The van der Waals surface area contributed by atoms with Gasteiger partial charge in [-0.3, -0.25) is 38.2 Å². The molecule has 21 nitrogen and oxygen atoms in total. The Morgan fingerprint density at radius 2 is 1.60 bits per heavy atom. The first-order valence-corrected chi connectivity index (χ1v) is 24.0. The van der Waals surface area contributed by atoms with Gasteiger partial charge in [0.15, 0.2) is 11.6 Å². The highest BCUT2D eigenvalue weighted by Gasteiger charge is 2.57. The summed E-state index contributed by atoms with van der Waals surface area (Å²) < 4.78 is 28.3. The number of ketones is 3. The van der Waals surface area contributed by atoms with Crippen LogP contribution < -0.4 is 16.4 Å². The second kappa shape index (κ2) is 26.3. The van der Waals surface area contributed by atoms with Crippen molar-refractivity contribution in [2.75, 3.05) is 78.4 Å². The Balaban J connectivity index is 0.835. The maximum Gasteiger partial charge on any atom is 0.322 e. The van der Waals surface area contributed by atoms with Gasteiger partial charge >= 0.3 is 5.97 Å². The van der Waals surface area contributed by atoms with E-state index in [2.05, 4.69) is 51.4 Å². The number of benzene rings is 1. The predicted molar refractivity (Wildman–Crippen MR) is 256 cm³/mol. The molecule has 0 bridgehead atoms. The van der Waals surface area contributed by atoms with Crippen molar-refractivity contribution in [1.29, 1.82) is 0 Å². The minimum Gasteiger partial charge on any atom is -0.468 e. The van der Waals surface area contributed by atoms with Crippen molar-refractivity contribution in [1.82, 2.24) is 34.9 Å². The van der Waals surface area contributed by atoms with Crippen LogP contribution in [-0.2, 0) is 65.4 Å². The highest BCUT2D eigenvalue weighted by molar-refractivity contribution is 9.10. The van der Waals surface area contributed by atoms with Crippen LogP contribution in [0.4, 0.5) is 5.82 Å². The van der Waals surface area contributed by atoms with E-state index in [1.807, 2.05) is 25.1 Å². The summed E-state index contributed by atoms with van der Waals surface area (Å²) in [6, 6.07) is 7.67. The van der Waals surface area contributed by atoms with Gasteiger partial charge in [-0.05, 0) is 83.3 Å². The van der Waals surface area contributed by atoms with E-state index >= 15 is 0 Å². The van der Waals surface area contributed by atoms with Crippen molar-refractivity contribution >= 4 is 73.7 Å². The number of ether oxygens (including phenoxy) is 5. The topological polar surface area (TPSA) is 275 Å². The lowest BCUT2D eigenvalue weighted by Crippen LogP contribution is -2.47. The van der Waals surface area contributed by atoms with Crippen molar-refractivity contribution < 1.29 is 57.2 Å². The first-order chi connectivity index (χ1) is 33.7. The third-order valence-electron chi connectivity index (χ3n) is 11.9. The zero-order valence-corrected chi connectivity index (χ0v) is 41.2. The van der Waals surface area contributed by atoms with Crippen LogP contribution >= 0.6 is 15.9 Å². The molecule has 4 aromatic rings. The predicted octanol–water partition coefficient (Wildman–Crippen LogP) is 2.96. The fourth-order valence-electron chi connectivity index (χ4n) is 7.98. The first kappa shape index (κ1) is 53.4. The number of nitrogens with one attached hydrogen (secondary N) is 2. The first-order valence-electron chi connectivity index (χ1n) is 23.2. The van der Waals surface area contributed by atoms with Crippen LogP contribution in [-0.4, -0.2) is 156 Å². The molecule has 1 aromatic carbocycles. The molecule has 4 heterocycles. The molecule has 6 rings (SSSR count). The summed E-state index contributed by atoms with van der Waals surface area (Å²) >= 11 is 3.35. The molecular weight excluding hydrogens is 974 g/mol. The van der Waals surface area contributed by atoms with Crippen molar-refractivity contribution in [2.24, 2.45) is 17.6 Å². The molecule has 22 heteroatoms. The lowest BCUT2D eigenvalue weighted by Gasteiger charge is -2.27. The van der Waals surface area contributed by atoms with Gasteiger partial charge in [0.2, 0.25) is 17.7 Å². The summed E-state index contributed by atoms with van der Waals surface area (Å²) in [6.07, 6.45) is 5.95. The van der Waals surface area contributed by atoms with E-state index in [4.69, 9.17) is 24.7 Å². The molecule has 0 radical (unpaired) electrons. The molecule has 1 saturated heterocycles. The van der Waals surface area contributed by atoms with Gasteiger partial charge in [-0.15, -0.1) is 0 Å². The number of pyridine rings is 1. The lowest BCUT2D eigenvalue weighted by molar-refractivity contribution is -0.142. The SMILES string of the molecule is COC(=O)[C@@H](N)CCC(=O)CCCOCCOCC(=O)NCCOCCOCC(=O)CCc1ncc(-c2ccc3c(c2)c(C(C)=O)nn3CC(=O)N2C[C@H]3C[C@H]3[C@H]2C(=O)Nc2nc(Br)ccc2C)cn1. The van der Waals surface area contributed by atoms with E-state index in [0.717, 1.165) is 17.5 Å². The van der Waals surface area contributed by atoms with Gasteiger partial charge in [-0.1, -0.05) is 12.1 Å². The number of nitrogens with two attached hydrogens (primary N) is 1. The van der Waals surface area contributed by atoms with Gasteiger partial charge in [-0.2, -0.15) is 5.10 Å². The zero-order valence-electron chi connectivity index (χ0n) is 39.6. The number of anilines is 1. The molecule has 70 heavy (non-hydrogen) atoms. The van der Waals surface area contributed by atoms with Crippen LogP contribution in [0.15, 0.2) is 47.3 Å². The van der Waals surface area contributed by atoms with E-state index in [1.165, 1.54) is 18.7 Å². The Morgan fingerprint density at radius 1 is 0.871 bits per heavy atom. The van der Waals surface area contributed by atoms with Crippen LogP contribution in [0.1, 0.15) is 67.3 Å². The number of halogens is 1. The number of carbonyl (C=O) groups is 7. The summed E-state index contributed by atoms with van der Waals surface area (Å²) in [4.78, 5) is 103. The Morgan fingerprint density at radius 3 is 2.34 bits per heavy atom. The number of carbonyl (C=O) groups excluding carboxylic acids is 7. The Kier molecular flexibility index (Phi) is 20.1. The molecule has 376 valence electrons. The Hall–Kier alpha value is -5.91. The number of likely N-dealkylation sites (tertiary alicyclic amines) is 1. The van der Waals surface area contributed by atoms with Crippen molar-refractivity contribution in [3.05, 3.63) is 64.4 Å². The highest BCUT2D eigenvalue weighted by Crippen LogP contribution is 2.50. The second-order valence-electron chi connectivity index (χ2n) is 17.2. The van der Waals surface area contributed by atoms with E-state index < -0.39 is 18.1 Å². The monoisotopic (exact) mass is 1030 g/mol. The van der Waals surface area contributed by atoms with Crippen LogP contribution in [0.3, 0.4) is 0 Å². The Bertz CT molecular complexity index is 2500. The number of fused-ring (bicyclic) bond motifs is 2. The molecule has 0 unspecified atom stereocenters. The quantitative estimate of drug-likeness (QED) is 0.0293. The number of hydrogen-bond donors (Lipinski definition) is 3. The largest absolute Gasteiger partial charge is 0.468 e. The number of aryl methyl sites for hydroxylation is 2. The average molecular weight is 1030 g/mol. The van der Waals surface area contributed by atoms with Gasteiger partial charge in [-0.25, -0.2) is 15.0 Å². The number of esters is 1. The third-order valence-corrected chi connectivity index (χ3v) is 12.3. The van der Waals surface area contributed by atoms with E-state index in [-0.39, 0.29) is 131 Å². The summed E-state index contributed by atoms with van der Waals surface area (Å²) in [5, 5.41) is 10.7. The summed E-state index contributed by atoms with van der Waals surface area (Å²) in [6.45, 7) is 5.17. The minimum atomic E-state index is -0.805. The molecule has 2 aliphatic rings. The molecule has 1 aliphatic heterocycles. The smallest absolute Gasteiger partial charge is 0.322 e. The number of nitrogens with zero attached hydrogens (tertiary/aromatic N) is 6. The summed E-state index contributed by atoms with van der Waals surface area (Å²) in [7, 11) is 1.25. The normalized spacial score (nSPS) is 16.4. The van der Waals surface area contributed by atoms with E-state index in [1.54, 1.807) is 29.4 Å². The van der Waals surface area contributed by atoms with Crippen LogP contribution in [0.2, 0.25) is 0 Å². The number of amides is 3. The number of rotatable bonds is 30. The maximum absolute atomic E-state index is 13.8. The average Bonchev–Trinajstić information content (AvgIpc) is 3.86. The molecule has 3 amide bonds. The molecule has 1 aliphatic carbocycles. The van der Waals surface area contributed by atoms with Crippen LogP contribution in [0.25, 0.3) is 22.0 Å². The number of methoxy groups -OCH3 is 1. The van der Waals surface area contributed by atoms with E-state index in [0.29, 0.717) is 65.1 Å². The van der Waals surface area contributed by atoms with Crippen LogP contribution in [0.5, 0.6) is 0 Å². The number of piperidine rings is 1. The van der Waals surface area contributed by atoms with Gasteiger partial charge in [0.25, 0.3) is 0 Å². The fraction of sp³-hybridized carbons (Fsp3) is 0.521. The second-order valence-corrected chi connectivity index (χ2v) is 18.0. The van der Waals surface area contributed by atoms with Crippen LogP contribution in [0, 0.1) is 18.8 Å². The lowest BCUT2D eigenvalue weighted by atomic mass is 10.0. The molecule has 1 saturated carbocycles. The van der Waals surface area contributed by atoms with Gasteiger partial charge in [0.05, 0.1) is 45.7 Å². The maximum atomic E-state index is 13.8. The highest BCUT2D eigenvalue weighted by atomic mass is 79.9. The molecule has 4 atom stereocenters. The molecule has 0 spiro atoms. The number of hydrogen-bond acceptors (Lipinski definition) is 17. The number of Topliss-reactive ketones (excluding diaryl/α,β-unsaturated/α-hetero) is 3. The van der Waals surface area contributed by atoms with E-state index in [9.17, 15) is 33.6 Å². The molecular formula is C48H60BrN9O12. The third kappa shape index (κ3) is 15.5. The number of aromatic nitrogens is 5. The van der Waals surface area contributed by atoms with Gasteiger partial charge in [0.1, 0.15) is 59.6 Å². The molecule has 2 fully saturated rings. The fourth-order valence-corrected chi connectivity index (χ4v) is 8.29. The van der Waals surface area contributed by atoms with Crippen molar-refractivity contribution in [3.63, 3.8) is 0 Å². The zero-order chi connectivity index (χ0) is 50.2. The van der Waals surface area contributed by atoms with Crippen molar-refractivity contribution in [2.45, 2.75) is 77.4 Å². The Labute approximate surface area is 413 Å². The summed E-state index contributed by atoms with van der Waals surface area (Å²) in [5.41, 5.74) is 8.67. The standard InChI is InChI=1S/C48H60BrN9O12/c1-29-6-12-40(49)54-46(29)55-47(64)45-36-22-32(36)25-57(45)43(63)26-58-39-11-7-31(21-37(39)44(56-58)30(2)59)33-23-52-41(53-24-33)13-9-35(61)27-69-19-18-68-16-14-51-42(62)28-70-20-17-67-15-4-5-34(60)8-10-38(50)48(65)66-3/h6-7,11-12,21,23-24,32,36,38,45H,4-5,8-10,13-20,22,25-28,50H2,1-3H3,(H,51,62)(H,54,55,64)/t32-,36-,38+,45+/m1/s1. The molecule has 4 N–H and O–H groups in total. The molecule has 3 aromatic heterocycles. The van der Waals surface area contributed by atoms with Gasteiger partial charge in [0, 0.05) is 75.6 Å².